The van der Waals surface area contributed by atoms with Crippen molar-refractivity contribution < 1.29 is 19.0 Å². The average molecular weight is 629 g/mol. The Morgan fingerprint density at radius 3 is 2.70 bits per heavy atom. The number of carboxylic acid groups (broad SMARTS) is 1. The van der Waals surface area contributed by atoms with Gasteiger partial charge < -0.3 is 35.4 Å². The first-order chi connectivity index (χ1) is 22.2. The van der Waals surface area contributed by atoms with E-state index in [9.17, 15) is 19.1 Å². The zero-order valence-corrected chi connectivity index (χ0v) is 26.1. The summed E-state index contributed by atoms with van der Waals surface area (Å²) in [6, 6.07) is 4.91. The molecule has 0 spiro atoms. The summed E-state index contributed by atoms with van der Waals surface area (Å²) in [5.74, 6) is -1.68. The number of pyridine rings is 3. The van der Waals surface area contributed by atoms with Crippen LogP contribution < -0.4 is 21.1 Å². The van der Waals surface area contributed by atoms with Crippen molar-refractivity contribution in [2.24, 2.45) is 0 Å². The molecule has 1 aromatic carbocycles. The van der Waals surface area contributed by atoms with E-state index >= 15 is 0 Å². The van der Waals surface area contributed by atoms with Gasteiger partial charge in [-0.15, -0.1) is 0 Å². The maximum absolute atomic E-state index is 15.0. The summed E-state index contributed by atoms with van der Waals surface area (Å²) in [6.07, 6.45) is 8.23. The highest BCUT2D eigenvalue weighted by atomic mass is 19.1. The average Bonchev–Trinajstić information content (AvgIpc) is 3.65. The zero-order valence-electron chi connectivity index (χ0n) is 26.1. The lowest BCUT2D eigenvalue weighted by Gasteiger charge is -2.31. The minimum atomic E-state index is -1.31. The SMILES string of the molecule is CNc1cc(F)cc2c1[nH]c1ncc(-c3cnc4c(c3)c(=O)c(C(=O)O)cn4NC3CCOCC3)c(N3CCC[C@H]3CN(C)C)c12. The number of fused-ring (bicyclic) bond motifs is 4. The van der Waals surface area contributed by atoms with Crippen LogP contribution in [0.1, 0.15) is 36.0 Å². The fourth-order valence-corrected chi connectivity index (χ4v) is 6.99. The van der Waals surface area contributed by atoms with Crippen molar-refractivity contribution in [3.8, 4) is 11.1 Å². The number of nitrogens with zero attached hydrogens (tertiary/aromatic N) is 5. The normalized spacial score (nSPS) is 17.5. The summed E-state index contributed by atoms with van der Waals surface area (Å²) in [6.45, 7) is 2.80. The number of rotatable bonds is 8. The predicted molar refractivity (Wildman–Crippen MR) is 177 cm³/mol. The molecule has 5 aromatic rings. The van der Waals surface area contributed by atoms with Crippen LogP contribution in [0.3, 0.4) is 0 Å². The van der Waals surface area contributed by atoms with Crippen LogP contribution in [0.2, 0.25) is 0 Å². The molecule has 2 aliphatic rings. The van der Waals surface area contributed by atoms with Gasteiger partial charge in [-0.1, -0.05) is 0 Å². The lowest BCUT2D eigenvalue weighted by molar-refractivity contribution is 0.0694. The molecule has 46 heavy (non-hydrogen) atoms. The van der Waals surface area contributed by atoms with Crippen LogP contribution in [0.15, 0.2) is 41.6 Å². The van der Waals surface area contributed by atoms with E-state index in [1.807, 2.05) is 14.1 Å². The molecule has 2 fully saturated rings. The summed E-state index contributed by atoms with van der Waals surface area (Å²) in [4.78, 5) is 43.2. The van der Waals surface area contributed by atoms with Crippen molar-refractivity contribution in [2.45, 2.75) is 37.8 Å². The second-order valence-corrected chi connectivity index (χ2v) is 12.4. The van der Waals surface area contributed by atoms with Crippen LogP contribution in [0, 0.1) is 5.82 Å². The Bertz CT molecular complexity index is 2030. The molecular formula is C33H37FN8O4. The minimum Gasteiger partial charge on any atom is -0.477 e. The van der Waals surface area contributed by atoms with E-state index in [1.54, 1.807) is 30.2 Å². The van der Waals surface area contributed by atoms with E-state index < -0.39 is 11.4 Å². The summed E-state index contributed by atoms with van der Waals surface area (Å²) < 4.78 is 22.0. The molecule has 6 heterocycles. The third kappa shape index (κ3) is 5.18. The minimum absolute atomic E-state index is 0.0364. The molecule has 0 aliphatic carbocycles. The van der Waals surface area contributed by atoms with Gasteiger partial charge >= 0.3 is 5.97 Å². The zero-order chi connectivity index (χ0) is 32.1. The highest BCUT2D eigenvalue weighted by molar-refractivity contribution is 6.18. The second kappa shape index (κ2) is 11.9. The Hall–Kier alpha value is -4.75. The molecule has 7 rings (SSSR count). The number of hydrogen-bond donors (Lipinski definition) is 4. The summed E-state index contributed by atoms with van der Waals surface area (Å²) >= 11 is 0. The fraction of sp³-hybridized carbons (Fsp3) is 0.394. The monoisotopic (exact) mass is 628 g/mol. The van der Waals surface area contributed by atoms with Gasteiger partial charge in [-0.2, -0.15) is 0 Å². The molecular weight excluding hydrogens is 591 g/mol. The van der Waals surface area contributed by atoms with Crippen molar-refractivity contribution in [1.29, 1.82) is 0 Å². The Morgan fingerprint density at radius 1 is 1.15 bits per heavy atom. The van der Waals surface area contributed by atoms with Gasteiger partial charge in [0.2, 0.25) is 5.43 Å². The number of carbonyl (C=O) groups is 1. The Morgan fingerprint density at radius 2 is 1.96 bits per heavy atom. The Labute approximate surface area is 264 Å². The first-order valence-corrected chi connectivity index (χ1v) is 15.6. The number of aromatic carboxylic acids is 1. The van der Waals surface area contributed by atoms with Crippen LogP contribution in [-0.4, -0.2) is 95.1 Å². The molecule has 12 nitrogen and oxygen atoms in total. The van der Waals surface area contributed by atoms with Crippen molar-refractivity contribution in [1.82, 2.24) is 24.5 Å². The van der Waals surface area contributed by atoms with Gasteiger partial charge in [0, 0.05) is 80.5 Å². The van der Waals surface area contributed by atoms with E-state index in [0.29, 0.717) is 41.1 Å². The topological polar surface area (TPSA) is 141 Å². The molecule has 4 N–H and O–H groups in total. The number of aromatic nitrogens is 4. The standard InChI is InChI=1S/C33H37FN8O4/c1-35-26-13-19(34)12-22-27-29(41-8-4-5-21(41)16-40(2)3)24(15-36-31(27)38-28(22)26)18-11-23-30(43)25(33(44)45)17-42(32(23)37-14-18)39-20-6-9-46-10-7-20/h11-15,17,20-21,35,39H,4-10,16H2,1-3H3,(H,36,38)(H,44,45)/t21-/m0/s1. The number of carboxylic acids is 1. The van der Waals surface area contributed by atoms with E-state index in [2.05, 4.69) is 25.5 Å². The van der Waals surface area contributed by atoms with E-state index in [4.69, 9.17) is 14.7 Å². The third-order valence-electron chi connectivity index (χ3n) is 9.10. The van der Waals surface area contributed by atoms with Crippen LogP contribution >= 0.6 is 0 Å². The molecule has 1 atom stereocenters. The molecule has 0 amide bonds. The van der Waals surface area contributed by atoms with Gasteiger partial charge in [0.25, 0.3) is 0 Å². The van der Waals surface area contributed by atoms with Gasteiger partial charge in [-0.3, -0.25) is 4.79 Å². The molecule has 13 heteroatoms. The number of hydrogen-bond acceptors (Lipinski definition) is 9. The maximum Gasteiger partial charge on any atom is 0.341 e. The number of aromatic amines is 1. The first kappa shape index (κ1) is 29.9. The smallest absolute Gasteiger partial charge is 0.341 e. The maximum atomic E-state index is 15.0. The molecule has 2 aliphatic heterocycles. The Kier molecular flexibility index (Phi) is 7.73. The summed E-state index contributed by atoms with van der Waals surface area (Å²) in [5.41, 5.74) is 6.93. The van der Waals surface area contributed by atoms with Crippen molar-refractivity contribution in [2.75, 3.05) is 63.1 Å². The molecule has 0 unspecified atom stereocenters. The first-order valence-electron chi connectivity index (χ1n) is 15.6. The van der Waals surface area contributed by atoms with Crippen LogP contribution in [0.25, 0.3) is 44.1 Å². The van der Waals surface area contributed by atoms with Crippen molar-refractivity contribution in [3.05, 3.63) is 58.4 Å². The quantitative estimate of drug-likeness (QED) is 0.197. The van der Waals surface area contributed by atoms with Gasteiger partial charge in [0.15, 0.2) is 5.65 Å². The van der Waals surface area contributed by atoms with Crippen LogP contribution in [0.4, 0.5) is 15.8 Å². The lowest BCUT2D eigenvalue weighted by atomic mass is 10.0. The molecule has 0 bridgehead atoms. The molecule has 4 aromatic heterocycles. The van der Waals surface area contributed by atoms with Gasteiger partial charge in [-0.25, -0.2) is 23.8 Å². The third-order valence-corrected chi connectivity index (χ3v) is 9.10. The van der Waals surface area contributed by atoms with E-state index in [0.717, 1.165) is 60.9 Å². The van der Waals surface area contributed by atoms with Crippen LogP contribution in [0.5, 0.6) is 0 Å². The largest absolute Gasteiger partial charge is 0.477 e. The summed E-state index contributed by atoms with van der Waals surface area (Å²) in [5, 5.41) is 14.7. The number of ether oxygens (including phenoxy) is 1. The Balaban J connectivity index is 1.48. The van der Waals surface area contributed by atoms with Crippen LogP contribution in [-0.2, 0) is 4.74 Å². The second-order valence-electron chi connectivity index (χ2n) is 12.4. The summed E-state index contributed by atoms with van der Waals surface area (Å²) in [7, 11) is 5.85. The molecule has 240 valence electrons. The fourth-order valence-electron chi connectivity index (χ4n) is 6.99. The van der Waals surface area contributed by atoms with E-state index in [1.165, 1.54) is 18.3 Å². The lowest BCUT2D eigenvalue weighted by Crippen LogP contribution is -2.38. The highest BCUT2D eigenvalue weighted by Crippen LogP contribution is 2.44. The van der Waals surface area contributed by atoms with Crippen molar-refractivity contribution in [3.63, 3.8) is 0 Å². The number of benzene rings is 1. The molecule has 2 saturated heterocycles. The molecule has 0 saturated carbocycles. The number of H-pyrrole nitrogens is 1. The molecule has 0 radical (unpaired) electrons. The van der Waals surface area contributed by atoms with Crippen molar-refractivity contribution >= 4 is 50.3 Å². The number of halogens is 1. The van der Waals surface area contributed by atoms with Gasteiger partial charge in [0.05, 0.1) is 27.7 Å². The van der Waals surface area contributed by atoms with Gasteiger partial charge in [-0.05, 0) is 58.0 Å². The predicted octanol–water partition coefficient (Wildman–Crippen LogP) is 4.22. The number of nitrogens with one attached hydrogen (secondary N) is 3. The highest BCUT2D eigenvalue weighted by Gasteiger charge is 2.31. The van der Waals surface area contributed by atoms with Gasteiger partial charge in [0.1, 0.15) is 17.0 Å². The number of likely N-dealkylation sites (N-methyl/N-ethyl adjacent to an activating group) is 1. The number of anilines is 2. The van der Waals surface area contributed by atoms with E-state index in [-0.39, 0.29) is 28.9 Å².